The summed E-state index contributed by atoms with van der Waals surface area (Å²) in [5, 5.41) is 9.03. The van der Waals surface area contributed by atoms with Crippen LogP contribution in [0.1, 0.15) is 32.7 Å². The number of amides is 2. The molecule has 1 aromatic heterocycles. The van der Waals surface area contributed by atoms with Crippen LogP contribution in [0, 0.1) is 17.5 Å². The van der Waals surface area contributed by atoms with E-state index in [4.69, 9.17) is 10.8 Å². The highest BCUT2D eigenvalue weighted by Crippen LogP contribution is 2.17. The van der Waals surface area contributed by atoms with Gasteiger partial charge in [0.05, 0.1) is 11.1 Å². The quantitative estimate of drug-likeness (QED) is 0.644. The smallest absolute Gasteiger partial charge is 0.337 e. The summed E-state index contributed by atoms with van der Waals surface area (Å²) in [5.74, 6) is -5.30. The summed E-state index contributed by atoms with van der Waals surface area (Å²) < 4.78 is 40.1. The summed E-state index contributed by atoms with van der Waals surface area (Å²) in [5.41, 5.74) is 5.83. The van der Waals surface area contributed by atoms with E-state index < -0.39 is 35.4 Å². The number of nitrogens with zero attached hydrogens (tertiary/aromatic N) is 3. The Morgan fingerprint density at radius 3 is 2.19 bits per heavy atom. The normalized spacial score (nSPS) is 14.9. The number of carboxylic acid groups (broad SMARTS) is 1. The first-order valence-corrected chi connectivity index (χ1v) is 9.80. The second-order valence-corrected chi connectivity index (χ2v) is 7.47. The molecule has 0 unspecified atom stereocenters. The molecule has 3 rings (SSSR count). The number of hydrogen-bond acceptors (Lipinski definition) is 5. The van der Waals surface area contributed by atoms with Crippen molar-refractivity contribution in [2.24, 2.45) is 5.73 Å². The van der Waals surface area contributed by atoms with Crippen LogP contribution in [-0.2, 0) is 11.2 Å². The Morgan fingerprint density at radius 1 is 0.938 bits per heavy atom. The van der Waals surface area contributed by atoms with Gasteiger partial charge in [-0.2, -0.15) is 0 Å². The number of nitrogens with two attached hydrogens (primary N) is 1. The Kier molecular flexibility index (Phi) is 7.08. The van der Waals surface area contributed by atoms with Gasteiger partial charge in [0, 0.05) is 57.1 Å². The molecule has 11 heteroatoms. The summed E-state index contributed by atoms with van der Waals surface area (Å²) in [6.45, 7) is 0.940. The molecule has 32 heavy (non-hydrogen) atoms. The topological polar surface area (TPSA) is 117 Å². The number of rotatable bonds is 6. The van der Waals surface area contributed by atoms with Crippen molar-refractivity contribution < 1.29 is 32.7 Å². The fraction of sp³-hybridized carbons (Fsp3) is 0.333. The molecule has 170 valence electrons. The molecule has 0 aliphatic carbocycles. The van der Waals surface area contributed by atoms with Crippen molar-refractivity contribution in [2.45, 2.75) is 18.9 Å². The van der Waals surface area contributed by atoms with Gasteiger partial charge in [0.25, 0.3) is 5.91 Å². The molecule has 0 saturated carbocycles. The third-order valence-corrected chi connectivity index (χ3v) is 5.16. The zero-order chi connectivity index (χ0) is 23.4. The third kappa shape index (κ3) is 5.41. The van der Waals surface area contributed by atoms with Gasteiger partial charge in [0.15, 0.2) is 11.6 Å². The number of carbonyl (C=O) groups excluding carboxylic acids is 2. The molecule has 1 saturated heterocycles. The molecule has 1 aromatic carbocycles. The molecule has 1 aliphatic heterocycles. The molecule has 2 heterocycles. The highest BCUT2D eigenvalue weighted by atomic mass is 19.2. The van der Waals surface area contributed by atoms with Crippen LogP contribution >= 0.6 is 0 Å². The minimum absolute atomic E-state index is 0.101. The zero-order valence-electron chi connectivity index (χ0n) is 16.9. The zero-order valence-corrected chi connectivity index (χ0v) is 16.9. The van der Waals surface area contributed by atoms with E-state index in [1.807, 2.05) is 0 Å². The maximum Gasteiger partial charge on any atom is 0.337 e. The number of carbonyl (C=O) groups is 3. The van der Waals surface area contributed by atoms with Crippen molar-refractivity contribution >= 4 is 17.8 Å². The SMILES string of the molecule is N[C@@H](CC(=O)N1CCN(C(=O)c2cncc(C(=O)O)c2)CC1)Cc1cc(F)c(F)cc1F. The highest BCUT2D eigenvalue weighted by molar-refractivity contribution is 5.97. The van der Waals surface area contributed by atoms with Gasteiger partial charge in [-0.05, 0) is 24.1 Å². The predicted octanol–water partition coefficient (Wildman–Crippen LogP) is 1.44. The number of benzene rings is 1. The molecule has 0 radical (unpaired) electrons. The van der Waals surface area contributed by atoms with E-state index in [0.717, 1.165) is 12.3 Å². The number of aromatic carboxylic acids is 1. The summed E-state index contributed by atoms with van der Waals surface area (Å²) in [4.78, 5) is 42.9. The first-order valence-electron chi connectivity index (χ1n) is 9.80. The van der Waals surface area contributed by atoms with Crippen molar-refractivity contribution in [1.29, 1.82) is 0 Å². The summed E-state index contributed by atoms with van der Waals surface area (Å²) in [6.07, 6.45) is 2.16. The van der Waals surface area contributed by atoms with E-state index in [2.05, 4.69) is 4.98 Å². The van der Waals surface area contributed by atoms with Crippen molar-refractivity contribution in [3.8, 4) is 0 Å². The Bertz CT molecular complexity index is 1040. The highest BCUT2D eigenvalue weighted by Gasteiger charge is 2.26. The van der Waals surface area contributed by atoms with Gasteiger partial charge in [0.1, 0.15) is 5.82 Å². The van der Waals surface area contributed by atoms with Crippen molar-refractivity contribution in [3.05, 3.63) is 64.7 Å². The molecule has 1 fully saturated rings. The molecule has 8 nitrogen and oxygen atoms in total. The molecule has 3 N–H and O–H groups in total. The maximum atomic E-state index is 13.8. The lowest BCUT2D eigenvalue weighted by molar-refractivity contribution is -0.133. The lowest BCUT2D eigenvalue weighted by Crippen LogP contribution is -2.51. The van der Waals surface area contributed by atoms with E-state index in [9.17, 15) is 27.6 Å². The lowest BCUT2D eigenvalue weighted by Gasteiger charge is -2.35. The average molecular weight is 450 g/mol. The Labute approximate surface area is 181 Å². The first-order chi connectivity index (χ1) is 15.2. The fourth-order valence-electron chi connectivity index (χ4n) is 3.44. The lowest BCUT2D eigenvalue weighted by atomic mass is 10.0. The van der Waals surface area contributed by atoms with Crippen LogP contribution in [0.2, 0.25) is 0 Å². The van der Waals surface area contributed by atoms with E-state index in [-0.39, 0.29) is 61.6 Å². The molecule has 0 spiro atoms. The average Bonchev–Trinajstić information content (AvgIpc) is 2.77. The molecular weight excluding hydrogens is 429 g/mol. The molecule has 2 aromatic rings. The number of halogens is 3. The predicted molar refractivity (Wildman–Crippen MR) is 106 cm³/mol. The summed E-state index contributed by atoms with van der Waals surface area (Å²) >= 11 is 0. The van der Waals surface area contributed by atoms with Gasteiger partial charge in [-0.25, -0.2) is 18.0 Å². The van der Waals surface area contributed by atoms with Crippen molar-refractivity contribution in [1.82, 2.24) is 14.8 Å². The number of pyridine rings is 1. The van der Waals surface area contributed by atoms with Gasteiger partial charge in [0.2, 0.25) is 5.91 Å². The van der Waals surface area contributed by atoms with Crippen LogP contribution in [0.4, 0.5) is 13.2 Å². The van der Waals surface area contributed by atoms with Crippen LogP contribution in [0.5, 0.6) is 0 Å². The van der Waals surface area contributed by atoms with Gasteiger partial charge >= 0.3 is 5.97 Å². The van der Waals surface area contributed by atoms with Crippen LogP contribution in [0.25, 0.3) is 0 Å². The molecule has 1 atom stereocenters. The molecule has 0 bridgehead atoms. The monoisotopic (exact) mass is 450 g/mol. The molecule has 1 aliphatic rings. The van der Waals surface area contributed by atoms with E-state index in [1.165, 1.54) is 22.1 Å². The minimum atomic E-state index is -1.30. The van der Waals surface area contributed by atoms with Gasteiger partial charge < -0.3 is 20.6 Å². The minimum Gasteiger partial charge on any atom is -0.478 e. The number of piperazine rings is 1. The maximum absolute atomic E-state index is 13.8. The number of carboxylic acids is 1. The van der Waals surface area contributed by atoms with Crippen molar-refractivity contribution in [2.75, 3.05) is 26.2 Å². The number of aromatic nitrogens is 1. The van der Waals surface area contributed by atoms with Crippen molar-refractivity contribution in [3.63, 3.8) is 0 Å². The first kappa shape index (κ1) is 23.2. The van der Waals surface area contributed by atoms with Gasteiger partial charge in [-0.15, -0.1) is 0 Å². The van der Waals surface area contributed by atoms with Gasteiger partial charge in [-0.3, -0.25) is 14.6 Å². The molecule has 2 amide bonds. The van der Waals surface area contributed by atoms with E-state index in [1.54, 1.807) is 0 Å². The number of hydrogen-bond donors (Lipinski definition) is 2. The molecular formula is C21H21F3N4O4. The second-order valence-electron chi connectivity index (χ2n) is 7.47. The summed E-state index contributed by atoms with van der Waals surface area (Å²) in [7, 11) is 0. The largest absolute Gasteiger partial charge is 0.478 e. The summed E-state index contributed by atoms with van der Waals surface area (Å²) in [6, 6.07) is 1.61. The van der Waals surface area contributed by atoms with Crippen LogP contribution in [-0.4, -0.2) is 69.9 Å². The fourth-order valence-corrected chi connectivity index (χ4v) is 3.44. The van der Waals surface area contributed by atoms with Crippen LogP contribution < -0.4 is 5.73 Å². The van der Waals surface area contributed by atoms with Crippen LogP contribution in [0.3, 0.4) is 0 Å². The Morgan fingerprint density at radius 2 is 1.53 bits per heavy atom. The standard InChI is InChI=1S/C21H21F3N4O4/c22-16-9-18(24)17(23)7-12(16)6-15(25)8-19(29)27-1-3-28(4-2-27)20(30)13-5-14(21(31)32)11-26-10-13/h5,7,9-11,15H,1-4,6,8,25H2,(H,31,32)/t15-/m1/s1. The second kappa shape index (κ2) is 9.77. The third-order valence-electron chi connectivity index (χ3n) is 5.16. The Balaban J connectivity index is 1.53. The van der Waals surface area contributed by atoms with E-state index in [0.29, 0.717) is 6.07 Å². The Hall–Kier alpha value is -3.47. The van der Waals surface area contributed by atoms with E-state index >= 15 is 0 Å². The van der Waals surface area contributed by atoms with Gasteiger partial charge in [-0.1, -0.05) is 0 Å². The van der Waals surface area contributed by atoms with Crippen LogP contribution in [0.15, 0.2) is 30.6 Å².